The number of aliphatic hydroxyl groups excluding tert-OH is 1. The lowest BCUT2D eigenvalue weighted by Gasteiger charge is -2.24. The lowest BCUT2D eigenvalue weighted by molar-refractivity contribution is -0.0968. The Morgan fingerprint density at radius 3 is 2.20 bits per heavy atom. The van der Waals surface area contributed by atoms with Crippen LogP contribution in [0, 0.1) is 19.7 Å². The summed E-state index contributed by atoms with van der Waals surface area (Å²) < 4.78 is 72.9. The van der Waals surface area contributed by atoms with E-state index in [9.17, 15) is 27.1 Å². The Bertz CT molecular complexity index is 749. The van der Waals surface area contributed by atoms with Gasteiger partial charge in [0.1, 0.15) is 23.4 Å². The van der Waals surface area contributed by atoms with Gasteiger partial charge in [-0.25, -0.2) is 22.0 Å². The maximum atomic E-state index is 13.6. The van der Waals surface area contributed by atoms with Crippen molar-refractivity contribution in [3.05, 3.63) is 58.4 Å². The van der Waals surface area contributed by atoms with Crippen molar-refractivity contribution in [3.8, 4) is 11.5 Å². The van der Waals surface area contributed by atoms with E-state index in [1.807, 2.05) is 0 Å². The highest BCUT2D eigenvalue weighted by Crippen LogP contribution is 2.43. The molecule has 0 fully saturated rings. The molecule has 0 aliphatic heterocycles. The van der Waals surface area contributed by atoms with Crippen molar-refractivity contribution in [1.29, 1.82) is 0 Å². The third-order valence-electron chi connectivity index (χ3n) is 3.68. The molecule has 2 nitrogen and oxygen atoms in total. The average molecular weight is 360 g/mol. The summed E-state index contributed by atoms with van der Waals surface area (Å²) >= 11 is 0. The molecule has 0 radical (unpaired) electrons. The van der Waals surface area contributed by atoms with E-state index in [4.69, 9.17) is 4.74 Å². The van der Waals surface area contributed by atoms with E-state index in [1.165, 1.54) is 31.2 Å². The van der Waals surface area contributed by atoms with E-state index in [0.29, 0.717) is 12.5 Å². The Hall–Kier alpha value is -2.15. The zero-order valence-electron chi connectivity index (χ0n) is 13.8. The van der Waals surface area contributed by atoms with Crippen molar-refractivity contribution in [2.24, 2.45) is 0 Å². The largest absolute Gasteiger partial charge is 0.457 e. The van der Waals surface area contributed by atoms with E-state index >= 15 is 0 Å². The van der Waals surface area contributed by atoms with Crippen molar-refractivity contribution < 1.29 is 31.8 Å². The Kier molecular flexibility index (Phi) is 5.37. The number of aryl methyl sites for hydroxylation is 2. The molecule has 0 aliphatic carbocycles. The molecule has 2 aromatic carbocycles. The molecule has 1 atom stereocenters. The number of ether oxygens (including phenoxy) is 1. The van der Waals surface area contributed by atoms with Gasteiger partial charge in [-0.15, -0.1) is 0 Å². The molecular weight excluding hydrogens is 343 g/mol. The lowest BCUT2D eigenvalue weighted by Crippen LogP contribution is -2.24. The Balaban J connectivity index is 2.59. The van der Waals surface area contributed by atoms with Crippen LogP contribution in [-0.4, -0.2) is 11.0 Å². The Morgan fingerprint density at radius 2 is 1.68 bits per heavy atom. The second-order valence-corrected chi connectivity index (χ2v) is 5.93. The van der Waals surface area contributed by atoms with Gasteiger partial charge in [-0.1, -0.05) is 6.07 Å². The maximum Gasteiger partial charge on any atom is 0.274 e. The van der Waals surface area contributed by atoms with E-state index in [2.05, 4.69) is 0 Å². The number of aliphatic hydroxyl groups is 1. The van der Waals surface area contributed by atoms with Gasteiger partial charge in [-0.3, -0.25) is 0 Å². The molecule has 0 spiro atoms. The van der Waals surface area contributed by atoms with Gasteiger partial charge in [-0.2, -0.15) is 0 Å². The van der Waals surface area contributed by atoms with Crippen LogP contribution < -0.4 is 4.74 Å². The van der Waals surface area contributed by atoms with Crippen LogP contribution in [0.4, 0.5) is 22.0 Å². The molecule has 0 aliphatic rings. The predicted octanol–water partition coefficient (Wildman–Crippen LogP) is 5.86. The second kappa shape index (κ2) is 7.00. The van der Waals surface area contributed by atoms with Gasteiger partial charge in [0.2, 0.25) is 0 Å². The summed E-state index contributed by atoms with van der Waals surface area (Å²) in [5.41, 5.74) is -0.850. The average Bonchev–Trinajstić information content (AvgIpc) is 2.45. The molecule has 0 bridgehead atoms. The van der Waals surface area contributed by atoms with Crippen LogP contribution in [0.1, 0.15) is 41.7 Å². The third kappa shape index (κ3) is 4.28. The number of alkyl halides is 4. The minimum Gasteiger partial charge on any atom is -0.457 e. The highest BCUT2D eigenvalue weighted by atomic mass is 19.3. The number of hydrogen-bond acceptors (Lipinski definition) is 2. The summed E-state index contributed by atoms with van der Waals surface area (Å²) in [5, 5.41) is 9.85. The van der Waals surface area contributed by atoms with E-state index in [1.54, 1.807) is 6.92 Å². The maximum absolute atomic E-state index is 13.6. The number of benzene rings is 2. The first-order valence-corrected chi connectivity index (χ1v) is 7.43. The number of hydrogen-bond donors (Lipinski definition) is 1. The first kappa shape index (κ1) is 19.2. The fourth-order valence-corrected chi connectivity index (χ4v) is 2.54. The van der Waals surface area contributed by atoms with Gasteiger partial charge >= 0.3 is 0 Å². The summed E-state index contributed by atoms with van der Waals surface area (Å²) in [5.74, 6) is -4.71. The molecule has 1 N–H and O–H groups in total. The van der Waals surface area contributed by atoms with Crippen LogP contribution in [-0.2, 0) is 0 Å². The van der Waals surface area contributed by atoms with Crippen LogP contribution in [0.5, 0.6) is 11.5 Å². The first-order chi connectivity index (χ1) is 11.5. The monoisotopic (exact) mass is 360 g/mol. The molecule has 0 saturated heterocycles. The van der Waals surface area contributed by atoms with Gasteiger partial charge in [0.05, 0.1) is 5.56 Å². The second-order valence-electron chi connectivity index (χ2n) is 5.93. The van der Waals surface area contributed by atoms with Crippen molar-refractivity contribution in [2.75, 3.05) is 0 Å². The summed E-state index contributed by atoms with van der Waals surface area (Å²) in [6.07, 6.45) is -5.59. The van der Waals surface area contributed by atoms with Crippen LogP contribution in [0.2, 0.25) is 0 Å². The number of rotatable bonds is 5. The summed E-state index contributed by atoms with van der Waals surface area (Å²) in [7, 11) is 0. The molecule has 0 saturated carbocycles. The molecule has 136 valence electrons. The Labute approximate surface area is 141 Å². The van der Waals surface area contributed by atoms with Crippen LogP contribution in [0.25, 0.3) is 0 Å². The number of halogens is 5. The molecule has 0 aromatic heterocycles. The predicted molar refractivity (Wildman–Crippen MR) is 82.9 cm³/mol. The highest BCUT2D eigenvalue weighted by Gasteiger charge is 2.38. The van der Waals surface area contributed by atoms with Crippen LogP contribution >= 0.6 is 0 Å². The molecule has 1 unspecified atom stereocenters. The van der Waals surface area contributed by atoms with Crippen LogP contribution in [0.15, 0.2) is 30.3 Å². The van der Waals surface area contributed by atoms with Gasteiger partial charge in [0.15, 0.2) is 0 Å². The summed E-state index contributed by atoms with van der Waals surface area (Å²) in [6, 6.07) is 6.11. The van der Waals surface area contributed by atoms with Crippen molar-refractivity contribution in [1.82, 2.24) is 0 Å². The van der Waals surface area contributed by atoms with E-state index in [-0.39, 0.29) is 11.3 Å². The minimum absolute atomic E-state index is 0.0491. The smallest absolute Gasteiger partial charge is 0.274 e. The fourth-order valence-electron chi connectivity index (χ4n) is 2.54. The van der Waals surface area contributed by atoms with Crippen LogP contribution in [0.3, 0.4) is 0 Å². The van der Waals surface area contributed by atoms with Gasteiger partial charge in [0, 0.05) is 18.6 Å². The molecule has 2 rings (SSSR count). The topological polar surface area (TPSA) is 29.5 Å². The zero-order valence-corrected chi connectivity index (χ0v) is 13.8. The lowest BCUT2D eigenvalue weighted by atomic mass is 9.93. The quantitative estimate of drug-likeness (QED) is 0.677. The van der Waals surface area contributed by atoms with E-state index < -0.39 is 41.1 Å². The molecule has 7 heteroatoms. The SMILES string of the molecule is Cc1cc(F)cc(Oc2ccc(C)c(C(O)C(C)(F)F)c2C(F)F)c1. The van der Waals surface area contributed by atoms with Crippen molar-refractivity contribution in [3.63, 3.8) is 0 Å². The first-order valence-electron chi connectivity index (χ1n) is 7.43. The Morgan fingerprint density at radius 1 is 1.04 bits per heavy atom. The minimum atomic E-state index is -3.62. The fraction of sp³-hybridized carbons (Fsp3) is 0.333. The molecule has 2 aromatic rings. The molecule has 0 heterocycles. The summed E-state index contributed by atoms with van der Waals surface area (Å²) in [6.45, 7) is 3.37. The van der Waals surface area contributed by atoms with E-state index in [0.717, 1.165) is 6.07 Å². The zero-order chi connectivity index (χ0) is 18.9. The molecular formula is C18H17F5O2. The molecule has 25 heavy (non-hydrogen) atoms. The highest BCUT2D eigenvalue weighted by molar-refractivity contribution is 5.49. The third-order valence-corrected chi connectivity index (χ3v) is 3.68. The summed E-state index contributed by atoms with van der Waals surface area (Å²) in [4.78, 5) is 0. The van der Waals surface area contributed by atoms with Crippen molar-refractivity contribution >= 4 is 0 Å². The van der Waals surface area contributed by atoms with Gasteiger partial charge in [0.25, 0.3) is 12.3 Å². The molecule has 0 amide bonds. The van der Waals surface area contributed by atoms with Crippen molar-refractivity contribution in [2.45, 2.75) is 39.2 Å². The van der Waals surface area contributed by atoms with Gasteiger partial charge < -0.3 is 9.84 Å². The standard InChI is InChI=1S/C18H17F5O2/c1-9-6-11(19)8-12(7-9)25-13-5-4-10(2)14(15(13)17(20)21)16(24)18(3,22)23/h4-8,16-17,24H,1-3H3. The normalized spacial score (nSPS) is 13.2. The van der Waals surface area contributed by atoms with Gasteiger partial charge in [-0.05, 0) is 43.2 Å².